The van der Waals surface area contributed by atoms with E-state index in [4.69, 9.17) is 0 Å². The lowest BCUT2D eigenvalue weighted by Crippen LogP contribution is -2.54. The average molecular weight is 419 g/mol. The van der Waals surface area contributed by atoms with Gasteiger partial charge in [0.25, 0.3) is 0 Å². The number of carbonyl (C=O) groups is 3. The van der Waals surface area contributed by atoms with E-state index >= 15 is 0 Å². The third-order valence-electron chi connectivity index (χ3n) is 7.53. The van der Waals surface area contributed by atoms with Crippen LogP contribution < -0.4 is 10.2 Å². The number of anilines is 2. The molecule has 4 aliphatic heterocycles. The Balaban J connectivity index is 1.57. The highest BCUT2D eigenvalue weighted by Gasteiger charge is 2.74. The summed E-state index contributed by atoms with van der Waals surface area (Å²) in [5.41, 5.74) is 2.69. The Bertz CT molecular complexity index is 1180. The smallest absolute Gasteiger partial charge is 0.250 e. The van der Waals surface area contributed by atoms with Crippen LogP contribution in [0.15, 0.2) is 36.4 Å². The summed E-state index contributed by atoms with van der Waals surface area (Å²) in [6, 6.07) is 9.21. The number of aryl methyl sites for hydroxylation is 2. The summed E-state index contributed by atoms with van der Waals surface area (Å²) in [4.78, 5) is 44.3. The fraction of sp³-hybridized carbons (Fsp3) is 0.375. The molecule has 0 radical (unpaired) electrons. The molecule has 6 rings (SSSR count). The summed E-state index contributed by atoms with van der Waals surface area (Å²) < 4.78 is 13.5. The number of hydrogen-bond acceptors (Lipinski definition) is 4. The maximum Gasteiger partial charge on any atom is 0.250 e. The first-order chi connectivity index (χ1) is 14.9. The van der Waals surface area contributed by atoms with E-state index in [1.165, 1.54) is 29.2 Å². The molecule has 4 aliphatic rings. The predicted molar refractivity (Wildman–Crippen MR) is 112 cm³/mol. The fourth-order valence-corrected chi connectivity index (χ4v) is 6.50. The number of imide groups is 1. The largest absolute Gasteiger partial charge is 0.324 e. The molecule has 2 aromatic rings. The molecule has 6 nitrogen and oxygen atoms in total. The summed E-state index contributed by atoms with van der Waals surface area (Å²) in [6.45, 7) is 4.60. The molecule has 4 atom stereocenters. The van der Waals surface area contributed by atoms with Crippen molar-refractivity contribution in [2.75, 3.05) is 16.8 Å². The first-order valence-electron chi connectivity index (χ1n) is 10.7. The predicted octanol–water partition coefficient (Wildman–Crippen LogP) is 2.87. The number of nitrogens with one attached hydrogen (secondary N) is 1. The normalized spacial score (nSPS) is 31.4. The van der Waals surface area contributed by atoms with Gasteiger partial charge in [-0.05, 0) is 63.1 Å². The number of amides is 3. The van der Waals surface area contributed by atoms with Crippen LogP contribution in [-0.4, -0.2) is 35.2 Å². The van der Waals surface area contributed by atoms with Gasteiger partial charge in [-0.1, -0.05) is 17.7 Å². The number of fused-ring (bicyclic) bond motifs is 7. The van der Waals surface area contributed by atoms with Crippen molar-refractivity contribution in [1.82, 2.24) is 4.90 Å². The van der Waals surface area contributed by atoms with Crippen LogP contribution >= 0.6 is 0 Å². The van der Waals surface area contributed by atoms with Gasteiger partial charge in [-0.2, -0.15) is 0 Å². The first-order valence-corrected chi connectivity index (χ1v) is 10.7. The molecular weight excluding hydrogens is 397 g/mol. The van der Waals surface area contributed by atoms with Crippen LogP contribution in [0.2, 0.25) is 0 Å². The highest BCUT2D eigenvalue weighted by molar-refractivity contribution is 6.25. The molecule has 0 bridgehead atoms. The standard InChI is InChI=1S/C24H22FN3O3/c1-12-10-13(2)20-16(11-12)24(23(31)26-20)19-18(17-4-3-9-27(17)24)21(29)28(22(19)30)15-7-5-14(25)6-8-15/h5-8,10-11,17-19H,3-4,9H2,1-2H3,(H,26,31). The third-order valence-corrected chi connectivity index (χ3v) is 7.53. The minimum Gasteiger partial charge on any atom is -0.324 e. The SMILES string of the molecule is Cc1cc(C)c2c(c1)C1(C(=O)N2)C2C(=O)N(c3ccc(F)cc3)C(=O)C2C2CCCN21. The van der Waals surface area contributed by atoms with E-state index in [0.29, 0.717) is 12.2 Å². The van der Waals surface area contributed by atoms with E-state index in [0.717, 1.165) is 35.2 Å². The maximum absolute atomic E-state index is 13.8. The Labute approximate surface area is 179 Å². The topological polar surface area (TPSA) is 69.7 Å². The Morgan fingerprint density at radius 1 is 1.06 bits per heavy atom. The second-order valence-electron chi connectivity index (χ2n) is 9.12. The van der Waals surface area contributed by atoms with Crippen LogP contribution in [0.4, 0.5) is 15.8 Å². The zero-order chi connectivity index (χ0) is 21.7. The van der Waals surface area contributed by atoms with Crippen molar-refractivity contribution in [1.29, 1.82) is 0 Å². The van der Waals surface area contributed by atoms with Crippen molar-refractivity contribution in [2.24, 2.45) is 11.8 Å². The first kappa shape index (κ1) is 18.7. The highest BCUT2D eigenvalue weighted by atomic mass is 19.1. The molecule has 4 heterocycles. The average Bonchev–Trinajstić information content (AvgIpc) is 3.42. The molecule has 0 saturated carbocycles. The molecule has 0 aromatic heterocycles. The quantitative estimate of drug-likeness (QED) is 0.722. The number of halogens is 1. The van der Waals surface area contributed by atoms with E-state index in [-0.39, 0.29) is 23.8 Å². The Morgan fingerprint density at radius 3 is 2.55 bits per heavy atom. The number of hydrogen-bond donors (Lipinski definition) is 1. The lowest BCUT2D eigenvalue weighted by atomic mass is 9.75. The summed E-state index contributed by atoms with van der Waals surface area (Å²) >= 11 is 0. The second kappa shape index (κ2) is 6.01. The van der Waals surface area contributed by atoms with E-state index in [9.17, 15) is 18.8 Å². The van der Waals surface area contributed by atoms with Gasteiger partial charge in [0.1, 0.15) is 11.4 Å². The van der Waals surface area contributed by atoms with Crippen molar-refractivity contribution in [2.45, 2.75) is 38.3 Å². The van der Waals surface area contributed by atoms with Crippen LogP contribution in [0.5, 0.6) is 0 Å². The van der Waals surface area contributed by atoms with Gasteiger partial charge in [-0.15, -0.1) is 0 Å². The Morgan fingerprint density at radius 2 is 1.81 bits per heavy atom. The molecule has 2 aromatic carbocycles. The zero-order valence-corrected chi connectivity index (χ0v) is 17.3. The van der Waals surface area contributed by atoms with Gasteiger partial charge in [0.05, 0.1) is 17.5 Å². The lowest BCUT2D eigenvalue weighted by molar-refractivity contribution is -0.135. The maximum atomic E-state index is 13.8. The van der Waals surface area contributed by atoms with Gasteiger partial charge in [0, 0.05) is 17.3 Å². The Hall–Kier alpha value is -3.06. The number of nitrogens with zero attached hydrogens (tertiary/aromatic N) is 2. The van der Waals surface area contributed by atoms with Crippen molar-refractivity contribution < 1.29 is 18.8 Å². The van der Waals surface area contributed by atoms with Gasteiger partial charge in [-0.25, -0.2) is 9.29 Å². The molecule has 0 aliphatic carbocycles. The number of carbonyl (C=O) groups excluding carboxylic acids is 3. The van der Waals surface area contributed by atoms with Crippen LogP contribution in [0, 0.1) is 31.5 Å². The molecule has 31 heavy (non-hydrogen) atoms. The molecule has 3 fully saturated rings. The molecule has 4 unspecified atom stereocenters. The zero-order valence-electron chi connectivity index (χ0n) is 17.3. The van der Waals surface area contributed by atoms with Gasteiger partial charge in [0.2, 0.25) is 17.7 Å². The summed E-state index contributed by atoms with van der Waals surface area (Å²) in [5.74, 6) is -2.70. The summed E-state index contributed by atoms with van der Waals surface area (Å²) in [7, 11) is 0. The van der Waals surface area contributed by atoms with Crippen molar-refractivity contribution in [3.05, 3.63) is 58.9 Å². The molecule has 1 N–H and O–H groups in total. The van der Waals surface area contributed by atoms with Crippen LogP contribution in [0.3, 0.4) is 0 Å². The van der Waals surface area contributed by atoms with Crippen LogP contribution in [-0.2, 0) is 19.9 Å². The molecular formula is C24H22FN3O3. The number of benzene rings is 2. The number of rotatable bonds is 1. The van der Waals surface area contributed by atoms with E-state index in [1.807, 2.05) is 26.0 Å². The Kier molecular flexibility index (Phi) is 3.62. The van der Waals surface area contributed by atoms with Crippen molar-refractivity contribution in [3.8, 4) is 0 Å². The van der Waals surface area contributed by atoms with E-state index < -0.39 is 23.2 Å². The van der Waals surface area contributed by atoms with E-state index in [1.54, 1.807) is 0 Å². The minimum absolute atomic E-state index is 0.163. The lowest BCUT2D eigenvalue weighted by Gasteiger charge is -2.36. The van der Waals surface area contributed by atoms with Gasteiger partial charge in [0.15, 0.2) is 0 Å². The van der Waals surface area contributed by atoms with Crippen molar-refractivity contribution >= 4 is 29.1 Å². The van der Waals surface area contributed by atoms with Gasteiger partial charge in [-0.3, -0.25) is 19.3 Å². The summed E-state index contributed by atoms with van der Waals surface area (Å²) in [6.07, 6.45) is 1.65. The fourth-order valence-electron chi connectivity index (χ4n) is 6.50. The molecule has 7 heteroatoms. The van der Waals surface area contributed by atoms with E-state index in [2.05, 4.69) is 10.2 Å². The molecule has 3 saturated heterocycles. The molecule has 1 spiro atoms. The van der Waals surface area contributed by atoms with Crippen molar-refractivity contribution in [3.63, 3.8) is 0 Å². The van der Waals surface area contributed by atoms with Gasteiger partial charge < -0.3 is 5.32 Å². The minimum atomic E-state index is -1.18. The van der Waals surface area contributed by atoms with Crippen LogP contribution in [0.1, 0.15) is 29.5 Å². The monoisotopic (exact) mass is 419 g/mol. The second-order valence-corrected chi connectivity index (χ2v) is 9.12. The highest BCUT2D eigenvalue weighted by Crippen LogP contribution is 2.61. The van der Waals surface area contributed by atoms with Gasteiger partial charge >= 0.3 is 0 Å². The van der Waals surface area contributed by atoms with Crippen LogP contribution in [0.25, 0.3) is 0 Å². The molecule has 3 amide bonds. The molecule has 158 valence electrons. The summed E-state index contributed by atoms with van der Waals surface area (Å²) in [5, 5.41) is 3.04. The third kappa shape index (κ3) is 2.12.